The Morgan fingerprint density at radius 2 is 2.18 bits per heavy atom. The Balaban J connectivity index is 2.03. The van der Waals surface area contributed by atoms with E-state index in [0.717, 1.165) is 5.69 Å². The van der Waals surface area contributed by atoms with E-state index < -0.39 is 0 Å². The standard InChI is InChI=1S/C15H19ClN4O2/c1-10-8-12(20(19-10)15(2,3)4)18-13(21)9-22-11-6-5-7-17-14(11)16/h5-8H,9H2,1-4H3,(H,18,21). The molecule has 2 aromatic heterocycles. The molecule has 0 unspecified atom stereocenters. The number of carbonyl (C=O) groups is 1. The average molecular weight is 323 g/mol. The molecule has 0 aliphatic carbocycles. The Morgan fingerprint density at radius 3 is 2.82 bits per heavy atom. The Bertz CT molecular complexity index is 676. The molecule has 0 aliphatic heterocycles. The zero-order valence-corrected chi connectivity index (χ0v) is 13.8. The van der Waals surface area contributed by atoms with Crippen LogP contribution in [-0.4, -0.2) is 27.3 Å². The number of nitrogens with zero attached hydrogens (tertiary/aromatic N) is 3. The van der Waals surface area contributed by atoms with Gasteiger partial charge in [0.25, 0.3) is 5.91 Å². The van der Waals surface area contributed by atoms with Crippen molar-refractivity contribution in [3.8, 4) is 5.75 Å². The highest BCUT2D eigenvalue weighted by molar-refractivity contribution is 6.30. The van der Waals surface area contributed by atoms with Crippen molar-refractivity contribution in [2.75, 3.05) is 11.9 Å². The van der Waals surface area contributed by atoms with Crippen molar-refractivity contribution in [1.82, 2.24) is 14.8 Å². The zero-order valence-electron chi connectivity index (χ0n) is 13.1. The summed E-state index contributed by atoms with van der Waals surface area (Å²) in [7, 11) is 0. The molecule has 6 nitrogen and oxygen atoms in total. The molecule has 7 heteroatoms. The fourth-order valence-electron chi connectivity index (χ4n) is 1.90. The van der Waals surface area contributed by atoms with Crippen LogP contribution in [0.3, 0.4) is 0 Å². The van der Waals surface area contributed by atoms with Crippen molar-refractivity contribution in [3.63, 3.8) is 0 Å². The van der Waals surface area contributed by atoms with E-state index in [9.17, 15) is 4.79 Å². The lowest BCUT2D eigenvalue weighted by atomic mass is 10.1. The number of hydrogen-bond donors (Lipinski definition) is 1. The Kier molecular flexibility index (Phi) is 4.71. The third kappa shape index (κ3) is 3.98. The summed E-state index contributed by atoms with van der Waals surface area (Å²) in [6.45, 7) is 7.77. The molecule has 0 saturated carbocycles. The summed E-state index contributed by atoms with van der Waals surface area (Å²) < 4.78 is 7.14. The molecule has 1 amide bonds. The van der Waals surface area contributed by atoms with Crippen LogP contribution in [0.5, 0.6) is 5.75 Å². The Morgan fingerprint density at radius 1 is 1.45 bits per heavy atom. The van der Waals surface area contributed by atoms with E-state index in [1.54, 1.807) is 23.0 Å². The van der Waals surface area contributed by atoms with Crippen molar-refractivity contribution >= 4 is 23.3 Å². The lowest BCUT2D eigenvalue weighted by molar-refractivity contribution is -0.118. The summed E-state index contributed by atoms with van der Waals surface area (Å²) in [5.41, 5.74) is 0.603. The molecule has 2 aromatic rings. The molecular formula is C15H19ClN4O2. The number of anilines is 1. The summed E-state index contributed by atoms with van der Waals surface area (Å²) >= 11 is 5.87. The van der Waals surface area contributed by atoms with Gasteiger partial charge in [0.15, 0.2) is 17.5 Å². The molecule has 2 heterocycles. The first-order valence-electron chi connectivity index (χ1n) is 6.87. The highest BCUT2D eigenvalue weighted by Gasteiger charge is 2.20. The number of pyridine rings is 1. The van der Waals surface area contributed by atoms with Gasteiger partial charge in [0.2, 0.25) is 0 Å². The molecule has 0 atom stereocenters. The normalized spacial score (nSPS) is 11.3. The predicted octanol–water partition coefficient (Wildman–Crippen LogP) is 3.01. The molecule has 0 spiro atoms. The number of halogens is 1. The van der Waals surface area contributed by atoms with Crippen LogP contribution in [0.1, 0.15) is 26.5 Å². The van der Waals surface area contributed by atoms with E-state index in [1.165, 1.54) is 0 Å². The number of hydrogen-bond acceptors (Lipinski definition) is 4. The lowest BCUT2D eigenvalue weighted by Crippen LogP contribution is -2.28. The van der Waals surface area contributed by atoms with Gasteiger partial charge in [0, 0.05) is 12.3 Å². The number of rotatable bonds is 4. The molecule has 0 radical (unpaired) electrons. The highest BCUT2D eigenvalue weighted by Crippen LogP contribution is 2.22. The average Bonchev–Trinajstić information content (AvgIpc) is 2.78. The monoisotopic (exact) mass is 322 g/mol. The maximum atomic E-state index is 12.0. The number of aryl methyl sites for hydroxylation is 1. The van der Waals surface area contributed by atoms with Gasteiger partial charge in [-0.05, 0) is 39.8 Å². The van der Waals surface area contributed by atoms with Crippen LogP contribution >= 0.6 is 11.6 Å². The van der Waals surface area contributed by atoms with E-state index in [0.29, 0.717) is 11.6 Å². The van der Waals surface area contributed by atoms with Gasteiger partial charge in [-0.15, -0.1) is 0 Å². The zero-order chi connectivity index (χ0) is 16.3. The maximum absolute atomic E-state index is 12.0. The largest absolute Gasteiger partial charge is 0.481 e. The molecular weight excluding hydrogens is 304 g/mol. The van der Waals surface area contributed by atoms with Gasteiger partial charge in [-0.3, -0.25) is 4.79 Å². The second-order valence-electron chi connectivity index (χ2n) is 5.88. The number of ether oxygens (including phenoxy) is 1. The fourth-order valence-corrected chi connectivity index (χ4v) is 2.07. The Hall–Kier alpha value is -2.08. The van der Waals surface area contributed by atoms with Crippen LogP contribution in [0.4, 0.5) is 5.82 Å². The minimum atomic E-state index is -0.287. The van der Waals surface area contributed by atoms with Gasteiger partial charge < -0.3 is 10.1 Å². The van der Waals surface area contributed by atoms with E-state index in [-0.39, 0.29) is 23.2 Å². The van der Waals surface area contributed by atoms with Crippen LogP contribution in [0.15, 0.2) is 24.4 Å². The first-order valence-corrected chi connectivity index (χ1v) is 7.25. The third-order valence-electron chi connectivity index (χ3n) is 2.82. The second-order valence-corrected chi connectivity index (χ2v) is 6.24. The van der Waals surface area contributed by atoms with Crippen LogP contribution in [0, 0.1) is 6.92 Å². The van der Waals surface area contributed by atoms with Crippen molar-refractivity contribution < 1.29 is 9.53 Å². The summed E-state index contributed by atoms with van der Waals surface area (Å²) in [6.07, 6.45) is 1.56. The van der Waals surface area contributed by atoms with Crippen LogP contribution < -0.4 is 10.1 Å². The number of aromatic nitrogens is 3. The smallest absolute Gasteiger partial charge is 0.263 e. The summed E-state index contributed by atoms with van der Waals surface area (Å²) in [5, 5.41) is 7.43. The minimum absolute atomic E-state index is 0.153. The van der Waals surface area contributed by atoms with E-state index in [1.807, 2.05) is 33.8 Å². The second kappa shape index (κ2) is 6.36. The molecule has 22 heavy (non-hydrogen) atoms. The molecule has 0 aromatic carbocycles. The first-order chi connectivity index (χ1) is 10.3. The van der Waals surface area contributed by atoms with Gasteiger partial charge in [-0.1, -0.05) is 11.6 Å². The topological polar surface area (TPSA) is 69.0 Å². The number of carbonyl (C=O) groups excluding carboxylic acids is 1. The molecule has 2 rings (SSSR count). The van der Waals surface area contributed by atoms with E-state index >= 15 is 0 Å². The maximum Gasteiger partial charge on any atom is 0.263 e. The van der Waals surface area contributed by atoms with Gasteiger partial charge >= 0.3 is 0 Å². The number of nitrogens with one attached hydrogen (secondary N) is 1. The molecule has 0 bridgehead atoms. The quantitative estimate of drug-likeness (QED) is 0.878. The van der Waals surface area contributed by atoms with E-state index in [2.05, 4.69) is 15.4 Å². The van der Waals surface area contributed by atoms with Crippen molar-refractivity contribution in [2.24, 2.45) is 0 Å². The summed E-state index contributed by atoms with van der Waals surface area (Å²) in [5.74, 6) is 0.723. The summed E-state index contributed by atoms with van der Waals surface area (Å²) in [4.78, 5) is 15.9. The minimum Gasteiger partial charge on any atom is -0.481 e. The Labute approximate surface area is 134 Å². The van der Waals surface area contributed by atoms with Crippen molar-refractivity contribution in [2.45, 2.75) is 33.2 Å². The van der Waals surface area contributed by atoms with Crippen LogP contribution in [0.2, 0.25) is 5.15 Å². The molecule has 0 aliphatic rings. The third-order valence-corrected chi connectivity index (χ3v) is 3.10. The molecule has 0 saturated heterocycles. The highest BCUT2D eigenvalue weighted by atomic mass is 35.5. The van der Waals surface area contributed by atoms with Gasteiger partial charge in [-0.2, -0.15) is 5.10 Å². The van der Waals surface area contributed by atoms with Gasteiger partial charge in [-0.25, -0.2) is 9.67 Å². The summed E-state index contributed by atoms with van der Waals surface area (Å²) in [6, 6.07) is 5.17. The fraction of sp³-hybridized carbons (Fsp3) is 0.400. The van der Waals surface area contributed by atoms with Crippen LogP contribution in [-0.2, 0) is 10.3 Å². The molecule has 1 N–H and O–H groups in total. The van der Waals surface area contributed by atoms with Gasteiger partial charge in [0.1, 0.15) is 5.82 Å². The van der Waals surface area contributed by atoms with E-state index in [4.69, 9.17) is 16.3 Å². The first kappa shape index (κ1) is 16.3. The van der Waals surface area contributed by atoms with Crippen molar-refractivity contribution in [3.05, 3.63) is 35.2 Å². The molecule has 0 fully saturated rings. The molecule has 118 valence electrons. The predicted molar refractivity (Wildman–Crippen MR) is 85.3 cm³/mol. The lowest BCUT2D eigenvalue weighted by Gasteiger charge is -2.22. The van der Waals surface area contributed by atoms with Crippen molar-refractivity contribution in [1.29, 1.82) is 0 Å². The SMILES string of the molecule is Cc1cc(NC(=O)COc2cccnc2Cl)n(C(C)(C)C)n1. The van der Waals surface area contributed by atoms with Crippen LogP contribution in [0.25, 0.3) is 0 Å². The number of amides is 1. The van der Waals surface area contributed by atoms with Gasteiger partial charge in [0.05, 0.1) is 11.2 Å².